The van der Waals surface area contributed by atoms with Crippen molar-refractivity contribution < 1.29 is 5.11 Å². The van der Waals surface area contributed by atoms with Crippen molar-refractivity contribution in [1.29, 1.82) is 0 Å². The van der Waals surface area contributed by atoms with Crippen molar-refractivity contribution >= 4 is 5.69 Å². The van der Waals surface area contributed by atoms with Crippen molar-refractivity contribution in [3.8, 4) is 0 Å². The Morgan fingerprint density at radius 1 is 1.24 bits per heavy atom. The highest BCUT2D eigenvalue weighted by molar-refractivity contribution is 5.49. The molecule has 2 heteroatoms. The van der Waals surface area contributed by atoms with Gasteiger partial charge in [0.2, 0.25) is 0 Å². The third kappa shape index (κ3) is 3.01. The van der Waals surface area contributed by atoms with Gasteiger partial charge in [0, 0.05) is 24.9 Å². The van der Waals surface area contributed by atoms with Crippen molar-refractivity contribution in [2.24, 2.45) is 0 Å². The predicted molar refractivity (Wildman–Crippen MR) is 72.5 cm³/mol. The Hall–Kier alpha value is -1.02. The van der Waals surface area contributed by atoms with Gasteiger partial charge in [0.1, 0.15) is 0 Å². The first-order chi connectivity index (χ1) is 8.35. The first kappa shape index (κ1) is 12.4. The fourth-order valence-corrected chi connectivity index (χ4v) is 2.75. The standard InChI is InChI=1S/C15H23NO/c1-2-14-5-3-4-11-16(14)15-8-6-13(7-9-15)10-12-17/h6-9,14,17H,2-5,10-12H2,1H3. The summed E-state index contributed by atoms with van der Waals surface area (Å²) in [4.78, 5) is 2.55. The van der Waals surface area contributed by atoms with Gasteiger partial charge in [0.15, 0.2) is 0 Å². The second-order valence-electron chi connectivity index (χ2n) is 4.89. The number of nitrogens with zero attached hydrogens (tertiary/aromatic N) is 1. The van der Waals surface area contributed by atoms with Crippen LogP contribution in [0.4, 0.5) is 5.69 Å². The molecule has 0 aromatic heterocycles. The summed E-state index contributed by atoms with van der Waals surface area (Å²) < 4.78 is 0. The zero-order chi connectivity index (χ0) is 12.1. The van der Waals surface area contributed by atoms with Gasteiger partial charge in [-0.05, 0) is 49.8 Å². The molecule has 1 atom stereocenters. The number of aliphatic hydroxyl groups excluding tert-OH is 1. The molecule has 1 aromatic carbocycles. The van der Waals surface area contributed by atoms with Gasteiger partial charge in [0.25, 0.3) is 0 Å². The first-order valence-electron chi connectivity index (χ1n) is 6.81. The molecule has 1 saturated heterocycles. The van der Waals surface area contributed by atoms with E-state index in [4.69, 9.17) is 5.11 Å². The molecule has 1 aromatic rings. The molecular formula is C15H23NO. The lowest BCUT2D eigenvalue weighted by molar-refractivity contribution is 0.299. The number of anilines is 1. The lowest BCUT2D eigenvalue weighted by atomic mass is 9.99. The fourth-order valence-electron chi connectivity index (χ4n) is 2.75. The molecule has 0 spiro atoms. The second kappa shape index (κ2) is 6.06. The van der Waals surface area contributed by atoms with E-state index in [0.29, 0.717) is 6.04 Å². The summed E-state index contributed by atoms with van der Waals surface area (Å²) in [6.07, 6.45) is 6.01. The molecule has 1 aliphatic rings. The highest BCUT2D eigenvalue weighted by atomic mass is 16.2. The van der Waals surface area contributed by atoms with Gasteiger partial charge in [-0.25, -0.2) is 0 Å². The highest BCUT2D eigenvalue weighted by Gasteiger charge is 2.20. The van der Waals surface area contributed by atoms with Crippen molar-refractivity contribution in [1.82, 2.24) is 0 Å². The van der Waals surface area contributed by atoms with Gasteiger partial charge in [-0.15, -0.1) is 0 Å². The molecule has 1 aliphatic heterocycles. The first-order valence-corrected chi connectivity index (χ1v) is 6.81. The van der Waals surface area contributed by atoms with Crippen LogP contribution in [0.1, 0.15) is 38.2 Å². The van der Waals surface area contributed by atoms with Crippen molar-refractivity contribution in [2.45, 2.75) is 45.1 Å². The van der Waals surface area contributed by atoms with Crippen LogP contribution in [0, 0.1) is 0 Å². The molecular weight excluding hydrogens is 210 g/mol. The summed E-state index contributed by atoms with van der Waals surface area (Å²) in [6, 6.07) is 9.42. The Kier molecular flexibility index (Phi) is 4.43. The van der Waals surface area contributed by atoms with E-state index in [0.717, 1.165) is 6.42 Å². The molecule has 0 saturated carbocycles. The molecule has 0 radical (unpaired) electrons. The Morgan fingerprint density at radius 2 is 2.00 bits per heavy atom. The maximum Gasteiger partial charge on any atom is 0.0471 e. The van der Waals surface area contributed by atoms with E-state index in [1.165, 1.54) is 43.5 Å². The van der Waals surface area contributed by atoms with Gasteiger partial charge in [-0.3, -0.25) is 0 Å². The summed E-state index contributed by atoms with van der Waals surface area (Å²) in [5, 5.41) is 8.91. The van der Waals surface area contributed by atoms with Crippen LogP contribution in [0.15, 0.2) is 24.3 Å². The van der Waals surface area contributed by atoms with Gasteiger partial charge in [0.05, 0.1) is 0 Å². The van der Waals surface area contributed by atoms with Crippen LogP contribution in [0.2, 0.25) is 0 Å². The Balaban J connectivity index is 2.09. The SMILES string of the molecule is CCC1CCCCN1c1ccc(CCO)cc1. The van der Waals surface area contributed by atoms with E-state index in [9.17, 15) is 0 Å². The van der Waals surface area contributed by atoms with E-state index in [1.54, 1.807) is 0 Å². The monoisotopic (exact) mass is 233 g/mol. The van der Waals surface area contributed by atoms with Crippen molar-refractivity contribution in [2.75, 3.05) is 18.1 Å². The Bertz CT molecular complexity index is 333. The zero-order valence-corrected chi connectivity index (χ0v) is 10.7. The van der Waals surface area contributed by atoms with E-state index in [2.05, 4.69) is 36.1 Å². The third-order valence-corrected chi connectivity index (χ3v) is 3.77. The molecule has 1 N–H and O–H groups in total. The topological polar surface area (TPSA) is 23.5 Å². The van der Waals surface area contributed by atoms with Crippen LogP contribution in [0.3, 0.4) is 0 Å². The normalized spacial score (nSPS) is 20.6. The van der Waals surface area contributed by atoms with E-state index >= 15 is 0 Å². The lowest BCUT2D eigenvalue weighted by Crippen LogP contribution is -2.39. The molecule has 2 rings (SSSR count). The van der Waals surface area contributed by atoms with Crippen LogP contribution in [0.5, 0.6) is 0 Å². The minimum atomic E-state index is 0.237. The number of aliphatic hydroxyl groups is 1. The molecule has 1 fully saturated rings. The number of hydrogen-bond donors (Lipinski definition) is 1. The maximum atomic E-state index is 8.91. The lowest BCUT2D eigenvalue weighted by Gasteiger charge is -2.37. The summed E-state index contributed by atoms with van der Waals surface area (Å²) in [6.45, 7) is 3.71. The van der Waals surface area contributed by atoms with Crippen LogP contribution in [-0.4, -0.2) is 24.3 Å². The molecule has 1 heterocycles. The largest absolute Gasteiger partial charge is 0.396 e. The second-order valence-corrected chi connectivity index (χ2v) is 4.89. The Labute approximate surface area is 104 Å². The van der Waals surface area contributed by atoms with Gasteiger partial charge < -0.3 is 10.0 Å². The average molecular weight is 233 g/mol. The number of rotatable bonds is 4. The minimum Gasteiger partial charge on any atom is -0.396 e. The summed E-state index contributed by atoms with van der Waals surface area (Å²) in [5.41, 5.74) is 2.57. The van der Waals surface area contributed by atoms with E-state index in [-0.39, 0.29) is 6.61 Å². The smallest absolute Gasteiger partial charge is 0.0471 e. The molecule has 17 heavy (non-hydrogen) atoms. The van der Waals surface area contributed by atoms with Crippen LogP contribution < -0.4 is 4.90 Å². The Morgan fingerprint density at radius 3 is 2.65 bits per heavy atom. The zero-order valence-electron chi connectivity index (χ0n) is 10.7. The minimum absolute atomic E-state index is 0.237. The van der Waals surface area contributed by atoms with Gasteiger partial charge >= 0.3 is 0 Å². The van der Waals surface area contributed by atoms with Gasteiger partial charge in [-0.1, -0.05) is 19.1 Å². The summed E-state index contributed by atoms with van der Waals surface area (Å²) >= 11 is 0. The van der Waals surface area contributed by atoms with Crippen LogP contribution in [-0.2, 0) is 6.42 Å². The molecule has 94 valence electrons. The van der Waals surface area contributed by atoms with Crippen molar-refractivity contribution in [3.63, 3.8) is 0 Å². The van der Waals surface area contributed by atoms with Crippen LogP contribution in [0.25, 0.3) is 0 Å². The average Bonchev–Trinajstić information content (AvgIpc) is 2.40. The number of hydrogen-bond acceptors (Lipinski definition) is 2. The molecule has 2 nitrogen and oxygen atoms in total. The van der Waals surface area contributed by atoms with E-state index in [1.807, 2.05) is 0 Å². The van der Waals surface area contributed by atoms with E-state index < -0.39 is 0 Å². The summed E-state index contributed by atoms with van der Waals surface area (Å²) in [7, 11) is 0. The number of piperidine rings is 1. The molecule has 0 aliphatic carbocycles. The van der Waals surface area contributed by atoms with Gasteiger partial charge in [-0.2, -0.15) is 0 Å². The van der Waals surface area contributed by atoms with Crippen molar-refractivity contribution in [3.05, 3.63) is 29.8 Å². The maximum absolute atomic E-state index is 8.91. The predicted octanol–water partition coefficient (Wildman–Crippen LogP) is 2.99. The number of benzene rings is 1. The highest BCUT2D eigenvalue weighted by Crippen LogP contribution is 2.26. The third-order valence-electron chi connectivity index (χ3n) is 3.77. The molecule has 1 unspecified atom stereocenters. The van der Waals surface area contributed by atoms with Crippen LogP contribution >= 0.6 is 0 Å². The molecule has 0 amide bonds. The fraction of sp³-hybridized carbons (Fsp3) is 0.600. The quantitative estimate of drug-likeness (QED) is 0.864. The molecule has 0 bridgehead atoms. The summed E-state index contributed by atoms with van der Waals surface area (Å²) in [5.74, 6) is 0.